The number of nitrogens with one attached hydrogen (secondary N) is 1. The van der Waals surface area contributed by atoms with Crippen molar-refractivity contribution in [2.45, 2.75) is 70.4 Å². The normalized spacial score (nSPS) is 27.5. The topological polar surface area (TPSA) is 102 Å². The van der Waals surface area contributed by atoms with Crippen molar-refractivity contribution in [3.63, 3.8) is 0 Å². The second-order valence-electron chi connectivity index (χ2n) is 9.88. The first-order chi connectivity index (χ1) is 15.1. The number of nitrogens with zero attached hydrogens (tertiary/aromatic N) is 2. The number of piperidine rings is 1. The minimum atomic E-state index is -3.69. The van der Waals surface area contributed by atoms with Crippen LogP contribution in [-0.4, -0.2) is 42.3 Å². The predicted octanol–water partition coefficient (Wildman–Crippen LogP) is 2.96. The van der Waals surface area contributed by atoms with Gasteiger partial charge in [0.05, 0.1) is 10.4 Å². The third-order valence-electron chi connectivity index (χ3n) is 6.80. The Bertz CT molecular complexity index is 1130. The standard InChI is InChI=1S/C23H33N3O5S/c1-15-4-6-18(7-5-15)24-22(27)14-26-20-9-8-19(11-21(20)31-23(26)28)32(29,30)25-12-16(2)10-17(3)13-25/h8-9,11,15-18H,4-7,10,12-14H2,1-3H3,(H,24,27). The fourth-order valence-corrected chi connectivity index (χ4v) is 6.82. The van der Waals surface area contributed by atoms with Gasteiger partial charge in [0, 0.05) is 25.2 Å². The van der Waals surface area contributed by atoms with Gasteiger partial charge in [0.25, 0.3) is 0 Å². The third-order valence-corrected chi connectivity index (χ3v) is 8.62. The number of fused-ring (bicyclic) bond motifs is 1. The monoisotopic (exact) mass is 463 g/mol. The molecule has 2 fully saturated rings. The summed E-state index contributed by atoms with van der Waals surface area (Å²) in [7, 11) is -3.69. The molecule has 1 aliphatic heterocycles. The number of sulfonamides is 1. The van der Waals surface area contributed by atoms with Crippen LogP contribution in [0.2, 0.25) is 0 Å². The van der Waals surface area contributed by atoms with Crippen molar-refractivity contribution in [2.24, 2.45) is 17.8 Å². The fourth-order valence-electron chi connectivity index (χ4n) is 5.13. The molecule has 8 nitrogen and oxygen atoms in total. The Hall–Kier alpha value is -2.13. The largest absolute Gasteiger partial charge is 0.420 e. The third kappa shape index (κ3) is 4.78. The number of carbonyl (C=O) groups excluding carboxylic acids is 1. The predicted molar refractivity (Wildman–Crippen MR) is 122 cm³/mol. The van der Waals surface area contributed by atoms with Crippen molar-refractivity contribution in [3.8, 4) is 0 Å². The molecule has 1 saturated heterocycles. The fraction of sp³-hybridized carbons (Fsp3) is 0.652. The minimum absolute atomic E-state index is 0.105. The second kappa shape index (κ2) is 9.02. The number of amides is 1. The van der Waals surface area contributed by atoms with Gasteiger partial charge in [-0.15, -0.1) is 0 Å². The summed E-state index contributed by atoms with van der Waals surface area (Å²) in [5.74, 6) is 0.374. The van der Waals surface area contributed by atoms with Crippen LogP contribution in [0, 0.1) is 17.8 Å². The quantitative estimate of drug-likeness (QED) is 0.735. The first-order valence-corrected chi connectivity index (χ1v) is 13.0. The first kappa shape index (κ1) is 23.0. The maximum absolute atomic E-state index is 13.2. The van der Waals surface area contributed by atoms with Gasteiger partial charge in [-0.2, -0.15) is 4.31 Å². The Morgan fingerprint density at radius 1 is 1.06 bits per heavy atom. The van der Waals surface area contributed by atoms with E-state index < -0.39 is 15.8 Å². The van der Waals surface area contributed by atoms with Crippen molar-refractivity contribution in [2.75, 3.05) is 13.1 Å². The van der Waals surface area contributed by atoms with Crippen LogP contribution in [0.4, 0.5) is 0 Å². The Morgan fingerprint density at radius 3 is 2.38 bits per heavy atom. The molecular weight excluding hydrogens is 430 g/mol. The summed E-state index contributed by atoms with van der Waals surface area (Å²) < 4.78 is 34.4. The van der Waals surface area contributed by atoms with Gasteiger partial charge in [-0.1, -0.05) is 20.8 Å². The van der Waals surface area contributed by atoms with E-state index in [9.17, 15) is 18.0 Å². The van der Waals surface area contributed by atoms with Crippen molar-refractivity contribution in [3.05, 3.63) is 28.7 Å². The molecule has 1 amide bonds. The molecule has 0 spiro atoms. The Labute approximate surface area is 189 Å². The van der Waals surface area contributed by atoms with E-state index in [4.69, 9.17) is 4.42 Å². The Balaban J connectivity index is 1.53. The molecule has 1 aliphatic carbocycles. The van der Waals surface area contributed by atoms with Gasteiger partial charge in [0.15, 0.2) is 5.58 Å². The van der Waals surface area contributed by atoms with Crippen molar-refractivity contribution >= 4 is 27.0 Å². The van der Waals surface area contributed by atoms with E-state index in [2.05, 4.69) is 26.1 Å². The van der Waals surface area contributed by atoms with Crippen LogP contribution in [0.5, 0.6) is 0 Å². The molecular formula is C23H33N3O5S. The van der Waals surface area contributed by atoms with Crippen LogP contribution in [0.25, 0.3) is 11.1 Å². The number of aromatic nitrogens is 1. The number of benzene rings is 1. The minimum Gasteiger partial charge on any atom is -0.408 e. The van der Waals surface area contributed by atoms with E-state index in [-0.39, 0.29) is 29.0 Å². The smallest absolute Gasteiger partial charge is 0.408 e. The van der Waals surface area contributed by atoms with Gasteiger partial charge in [-0.3, -0.25) is 9.36 Å². The molecule has 1 aromatic heterocycles. The highest BCUT2D eigenvalue weighted by Gasteiger charge is 2.32. The molecule has 2 atom stereocenters. The second-order valence-corrected chi connectivity index (χ2v) is 11.8. The van der Waals surface area contributed by atoms with Gasteiger partial charge >= 0.3 is 5.76 Å². The summed E-state index contributed by atoms with van der Waals surface area (Å²) in [6, 6.07) is 4.58. The summed E-state index contributed by atoms with van der Waals surface area (Å²) in [5, 5.41) is 3.01. The van der Waals surface area contributed by atoms with E-state index in [0.717, 1.165) is 32.1 Å². The van der Waals surface area contributed by atoms with Gasteiger partial charge in [-0.05, 0) is 62.0 Å². The number of oxazole rings is 1. The lowest BCUT2D eigenvalue weighted by Gasteiger charge is -2.34. The van der Waals surface area contributed by atoms with E-state index in [1.165, 1.54) is 21.0 Å². The van der Waals surface area contributed by atoms with E-state index in [0.29, 0.717) is 36.4 Å². The van der Waals surface area contributed by atoms with Crippen molar-refractivity contribution in [1.82, 2.24) is 14.2 Å². The molecule has 2 heterocycles. The molecule has 1 aromatic carbocycles. The maximum atomic E-state index is 13.2. The van der Waals surface area contributed by atoms with Crippen LogP contribution in [0.3, 0.4) is 0 Å². The summed E-state index contributed by atoms with van der Waals surface area (Å²) in [6.07, 6.45) is 5.08. The average Bonchev–Trinajstić information content (AvgIpc) is 3.03. The van der Waals surface area contributed by atoms with Gasteiger partial charge in [0.2, 0.25) is 15.9 Å². The molecule has 2 aliphatic rings. The summed E-state index contributed by atoms with van der Waals surface area (Å²) in [6.45, 7) is 7.14. The van der Waals surface area contributed by atoms with Crippen molar-refractivity contribution < 1.29 is 17.6 Å². The Morgan fingerprint density at radius 2 is 1.72 bits per heavy atom. The van der Waals surface area contributed by atoms with E-state index in [1.54, 1.807) is 6.07 Å². The van der Waals surface area contributed by atoms with Crippen LogP contribution in [0.15, 0.2) is 32.3 Å². The zero-order valence-electron chi connectivity index (χ0n) is 19.0. The highest BCUT2D eigenvalue weighted by molar-refractivity contribution is 7.89. The van der Waals surface area contributed by atoms with E-state index in [1.807, 2.05) is 0 Å². The molecule has 0 bridgehead atoms. The molecule has 2 aromatic rings. The molecule has 32 heavy (non-hydrogen) atoms. The van der Waals surface area contributed by atoms with Crippen LogP contribution in [0.1, 0.15) is 52.9 Å². The highest BCUT2D eigenvalue weighted by Crippen LogP contribution is 2.28. The van der Waals surface area contributed by atoms with Gasteiger partial charge in [0.1, 0.15) is 6.54 Å². The molecule has 0 radical (unpaired) electrons. The molecule has 4 rings (SSSR count). The molecule has 9 heteroatoms. The number of hydrogen-bond acceptors (Lipinski definition) is 5. The van der Waals surface area contributed by atoms with Crippen LogP contribution < -0.4 is 11.1 Å². The zero-order chi connectivity index (χ0) is 23.0. The molecule has 1 N–H and O–H groups in total. The first-order valence-electron chi connectivity index (χ1n) is 11.6. The number of hydrogen-bond donors (Lipinski definition) is 1. The van der Waals surface area contributed by atoms with Gasteiger partial charge < -0.3 is 9.73 Å². The molecule has 1 saturated carbocycles. The summed E-state index contributed by atoms with van der Waals surface area (Å²) >= 11 is 0. The summed E-state index contributed by atoms with van der Waals surface area (Å²) in [5.41, 5.74) is 0.593. The lowest BCUT2D eigenvalue weighted by Crippen LogP contribution is -2.42. The van der Waals surface area contributed by atoms with Crippen LogP contribution >= 0.6 is 0 Å². The zero-order valence-corrected chi connectivity index (χ0v) is 19.9. The van der Waals surface area contributed by atoms with Crippen molar-refractivity contribution in [1.29, 1.82) is 0 Å². The van der Waals surface area contributed by atoms with Crippen LogP contribution in [-0.2, 0) is 21.4 Å². The van der Waals surface area contributed by atoms with Gasteiger partial charge in [-0.25, -0.2) is 13.2 Å². The SMILES string of the molecule is CC1CCC(NC(=O)Cn2c(=O)oc3cc(S(=O)(=O)N4CC(C)CC(C)C4)ccc32)CC1. The average molecular weight is 464 g/mol. The number of rotatable bonds is 5. The lowest BCUT2D eigenvalue weighted by molar-refractivity contribution is -0.122. The van der Waals surface area contributed by atoms with E-state index >= 15 is 0 Å². The lowest BCUT2D eigenvalue weighted by atomic mass is 9.87. The Kier molecular flexibility index (Phi) is 6.49. The summed E-state index contributed by atoms with van der Waals surface area (Å²) in [4.78, 5) is 25.1. The number of carbonyl (C=O) groups is 1. The highest BCUT2D eigenvalue weighted by atomic mass is 32.2. The molecule has 176 valence electrons. The molecule has 2 unspecified atom stereocenters. The maximum Gasteiger partial charge on any atom is 0.420 e.